The summed E-state index contributed by atoms with van der Waals surface area (Å²) in [7, 11) is 1.64. The Balaban J connectivity index is 2.64. The summed E-state index contributed by atoms with van der Waals surface area (Å²) < 4.78 is 5.25. The molecule has 0 aliphatic rings. The smallest absolute Gasteiger partial charge is 0.273 e. The molecule has 1 rings (SSSR count). The molecular weight excluding hydrogens is 210 g/mol. The molecule has 0 radical (unpaired) electrons. The van der Waals surface area contributed by atoms with Crippen molar-refractivity contribution in [2.75, 3.05) is 13.7 Å². The van der Waals surface area contributed by atoms with Crippen LogP contribution in [0.4, 0.5) is 5.69 Å². The van der Waals surface area contributed by atoms with Gasteiger partial charge in [0.25, 0.3) is 5.69 Å². The summed E-state index contributed by atoms with van der Waals surface area (Å²) in [4.78, 5) is 10.00. The lowest BCUT2D eigenvalue weighted by molar-refractivity contribution is -0.384. The van der Waals surface area contributed by atoms with Crippen LogP contribution in [-0.4, -0.2) is 24.6 Å². The number of nitrogens with zero attached hydrogens (tertiary/aromatic N) is 2. The van der Waals surface area contributed by atoms with E-state index >= 15 is 0 Å². The number of nitro groups is 1. The fourth-order valence-corrected chi connectivity index (χ4v) is 1.05. The molecule has 0 spiro atoms. The second-order valence-electron chi connectivity index (χ2n) is 3.04. The van der Waals surface area contributed by atoms with Crippen LogP contribution >= 0.6 is 0 Å². The van der Waals surface area contributed by atoms with Crippen LogP contribution in [0.2, 0.25) is 0 Å². The van der Waals surface area contributed by atoms with Gasteiger partial charge in [0.15, 0.2) is 0 Å². The molecule has 1 aromatic rings. The van der Waals surface area contributed by atoms with Crippen LogP contribution < -0.4 is 10.1 Å². The van der Waals surface area contributed by atoms with Crippen molar-refractivity contribution in [1.82, 2.24) is 5.32 Å². The quantitative estimate of drug-likeness (QED) is 0.593. The van der Waals surface area contributed by atoms with Gasteiger partial charge in [-0.2, -0.15) is 5.26 Å². The first-order valence-electron chi connectivity index (χ1n) is 4.61. The first kappa shape index (κ1) is 11.9. The molecule has 0 saturated carbocycles. The third-order valence-electron chi connectivity index (χ3n) is 1.95. The zero-order valence-electron chi connectivity index (χ0n) is 8.71. The molecule has 0 saturated heterocycles. The molecule has 1 unspecified atom stereocenters. The maximum atomic E-state index is 10.5. The minimum atomic E-state index is -0.493. The van der Waals surface area contributed by atoms with Crippen LogP contribution in [0.15, 0.2) is 24.3 Å². The average molecular weight is 221 g/mol. The van der Waals surface area contributed by atoms with E-state index in [-0.39, 0.29) is 12.3 Å². The molecule has 0 amide bonds. The minimum absolute atomic E-state index is 0.0320. The van der Waals surface area contributed by atoms with Gasteiger partial charge < -0.3 is 10.1 Å². The lowest BCUT2D eigenvalue weighted by atomic mass is 10.3. The Kier molecular flexibility index (Phi) is 4.24. The van der Waals surface area contributed by atoms with E-state index in [1.165, 1.54) is 18.2 Å². The van der Waals surface area contributed by atoms with Crippen molar-refractivity contribution < 1.29 is 9.66 Å². The van der Waals surface area contributed by atoms with E-state index < -0.39 is 11.0 Å². The van der Waals surface area contributed by atoms with E-state index in [2.05, 4.69) is 5.32 Å². The molecule has 6 heteroatoms. The zero-order valence-corrected chi connectivity index (χ0v) is 8.71. The summed E-state index contributed by atoms with van der Waals surface area (Å²) in [5, 5.41) is 21.9. The van der Waals surface area contributed by atoms with Gasteiger partial charge >= 0.3 is 0 Å². The van der Waals surface area contributed by atoms with E-state index in [9.17, 15) is 10.1 Å². The highest BCUT2D eigenvalue weighted by atomic mass is 16.6. The average Bonchev–Trinajstić information content (AvgIpc) is 2.31. The monoisotopic (exact) mass is 221 g/mol. The molecule has 84 valence electrons. The maximum absolute atomic E-state index is 10.5. The van der Waals surface area contributed by atoms with Crippen LogP contribution in [0.25, 0.3) is 0 Å². The number of hydrogen-bond acceptors (Lipinski definition) is 5. The Bertz CT molecular complexity index is 414. The molecule has 1 N–H and O–H groups in total. The van der Waals surface area contributed by atoms with Crippen LogP contribution in [0.1, 0.15) is 0 Å². The zero-order chi connectivity index (χ0) is 12.0. The van der Waals surface area contributed by atoms with Crippen LogP contribution in [0, 0.1) is 21.4 Å². The van der Waals surface area contributed by atoms with Gasteiger partial charge in [0, 0.05) is 6.07 Å². The van der Waals surface area contributed by atoms with E-state index in [4.69, 9.17) is 10.00 Å². The molecule has 0 heterocycles. The molecule has 16 heavy (non-hydrogen) atoms. The van der Waals surface area contributed by atoms with Gasteiger partial charge in [0.2, 0.25) is 0 Å². The molecule has 0 aromatic heterocycles. The number of nitro benzene ring substituents is 1. The minimum Gasteiger partial charge on any atom is -0.491 e. The van der Waals surface area contributed by atoms with Crippen LogP contribution in [-0.2, 0) is 0 Å². The van der Waals surface area contributed by atoms with Gasteiger partial charge in [-0.25, -0.2) is 0 Å². The number of rotatable bonds is 5. The molecular formula is C10H11N3O3. The van der Waals surface area contributed by atoms with Crippen molar-refractivity contribution in [3.8, 4) is 11.8 Å². The Morgan fingerprint density at radius 3 is 3.00 bits per heavy atom. The summed E-state index contributed by atoms with van der Waals surface area (Å²) in [5.41, 5.74) is -0.0320. The number of ether oxygens (including phenoxy) is 1. The van der Waals surface area contributed by atoms with Gasteiger partial charge in [-0.3, -0.25) is 10.1 Å². The van der Waals surface area contributed by atoms with Gasteiger partial charge in [0.1, 0.15) is 18.4 Å². The van der Waals surface area contributed by atoms with Crippen molar-refractivity contribution in [2.24, 2.45) is 0 Å². The van der Waals surface area contributed by atoms with E-state index in [0.29, 0.717) is 5.75 Å². The normalized spacial score (nSPS) is 11.5. The van der Waals surface area contributed by atoms with Crippen molar-refractivity contribution >= 4 is 5.69 Å². The van der Waals surface area contributed by atoms with E-state index in [0.717, 1.165) is 0 Å². The van der Waals surface area contributed by atoms with Crippen molar-refractivity contribution in [3.05, 3.63) is 34.4 Å². The standard InChI is InChI=1S/C10H11N3O3/c1-12-8(6-11)7-16-10-4-2-3-9(5-10)13(14)15/h2-5,8,12H,7H2,1H3. The lowest BCUT2D eigenvalue weighted by Gasteiger charge is -2.09. The SMILES string of the molecule is CNC(C#N)COc1cccc([N+](=O)[O-])c1. The summed E-state index contributed by atoms with van der Waals surface area (Å²) in [5.74, 6) is 0.379. The molecule has 0 fully saturated rings. The molecule has 0 bridgehead atoms. The predicted molar refractivity (Wildman–Crippen MR) is 57.1 cm³/mol. The lowest BCUT2D eigenvalue weighted by Crippen LogP contribution is -2.29. The van der Waals surface area contributed by atoms with Crippen molar-refractivity contribution in [1.29, 1.82) is 5.26 Å². The summed E-state index contributed by atoms with van der Waals surface area (Å²) in [6.07, 6.45) is 0. The summed E-state index contributed by atoms with van der Waals surface area (Å²) >= 11 is 0. The second kappa shape index (κ2) is 5.68. The van der Waals surface area contributed by atoms with Gasteiger partial charge in [-0.15, -0.1) is 0 Å². The Hall–Kier alpha value is -2.13. The molecule has 1 atom stereocenters. The first-order chi connectivity index (χ1) is 7.67. The van der Waals surface area contributed by atoms with E-state index in [1.54, 1.807) is 13.1 Å². The topological polar surface area (TPSA) is 88.2 Å². The summed E-state index contributed by atoms with van der Waals surface area (Å²) in [6.45, 7) is 0.147. The highest BCUT2D eigenvalue weighted by molar-refractivity contribution is 5.37. The number of likely N-dealkylation sites (N-methyl/N-ethyl adjacent to an activating group) is 1. The number of non-ortho nitro benzene ring substituents is 1. The van der Waals surface area contributed by atoms with Gasteiger partial charge in [0.05, 0.1) is 17.1 Å². The Morgan fingerprint density at radius 2 is 2.44 bits per heavy atom. The predicted octanol–water partition coefficient (Wildman–Crippen LogP) is 1.09. The third kappa shape index (κ3) is 3.22. The third-order valence-corrected chi connectivity index (χ3v) is 1.95. The number of nitrogens with one attached hydrogen (secondary N) is 1. The van der Waals surface area contributed by atoms with Gasteiger partial charge in [-0.05, 0) is 13.1 Å². The maximum Gasteiger partial charge on any atom is 0.273 e. The fraction of sp³-hybridized carbons (Fsp3) is 0.300. The highest BCUT2D eigenvalue weighted by Gasteiger charge is 2.08. The summed E-state index contributed by atoms with van der Waals surface area (Å²) in [6, 6.07) is 7.41. The van der Waals surface area contributed by atoms with Crippen LogP contribution in [0.3, 0.4) is 0 Å². The number of hydrogen-bond donors (Lipinski definition) is 1. The van der Waals surface area contributed by atoms with Crippen molar-refractivity contribution in [3.63, 3.8) is 0 Å². The second-order valence-corrected chi connectivity index (χ2v) is 3.04. The molecule has 1 aromatic carbocycles. The first-order valence-corrected chi connectivity index (χ1v) is 4.61. The van der Waals surface area contributed by atoms with E-state index in [1.807, 2.05) is 6.07 Å². The highest BCUT2D eigenvalue weighted by Crippen LogP contribution is 2.18. The molecule has 0 aliphatic heterocycles. The number of nitriles is 1. The largest absolute Gasteiger partial charge is 0.491 e. The van der Waals surface area contributed by atoms with Crippen molar-refractivity contribution in [2.45, 2.75) is 6.04 Å². The molecule has 6 nitrogen and oxygen atoms in total. The van der Waals surface area contributed by atoms with Crippen LogP contribution in [0.5, 0.6) is 5.75 Å². The Labute approximate surface area is 92.6 Å². The number of benzene rings is 1. The fourth-order valence-electron chi connectivity index (χ4n) is 1.05. The Morgan fingerprint density at radius 1 is 1.69 bits per heavy atom. The van der Waals surface area contributed by atoms with Gasteiger partial charge in [-0.1, -0.05) is 6.07 Å². The molecule has 0 aliphatic carbocycles.